The Morgan fingerprint density at radius 2 is 1.95 bits per heavy atom. The number of benzene rings is 1. The van der Waals surface area contributed by atoms with Crippen molar-refractivity contribution in [1.29, 1.82) is 0 Å². The van der Waals surface area contributed by atoms with Gasteiger partial charge in [0.1, 0.15) is 0 Å². The van der Waals surface area contributed by atoms with Crippen LogP contribution in [0.1, 0.15) is 25.5 Å². The lowest BCUT2D eigenvalue weighted by Crippen LogP contribution is -2.47. The molecule has 0 aliphatic heterocycles. The number of nitrogens with two attached hydrogens (primary N) is 1. The fraction of sp³-hybridized carbons (Fsp3) is 0.385. The zero-order valence-electron chi connectivity index (χ0n) is 10.9. The van der Waals surface area contributed by atoms with Gasteiger partial charge in [0.05, 0.1) is 12.6 Å². The van der Waals surface area contributed by atoms with Gasteiger partial charge in [-0.1, -0.05) is 28.1 Å². The summed E-state index contributed by atoms with van der Waals surface area (Å²) in [7, 11) is 0. The summed E-state index contributed by atoms with van der Waals surface area (Å²) >= 11 is 3.34. The molecule has 0 aliphatic carbocycles. The molecule has 0 spiro atoms. The topological polar surface area (TPSA) is 81.4 Å². The zero-order valence-corrected chi connectivity index (χ0v) is 12.4. The first kappa shape index (κ1) is 15.7. The molecule has 0 radical (unpaired) electrons. The van der Waals surface area contributed by atoms with E-state index in [9.17, 15) is 9.59 Å². The number of carbonyl (C=O) groups is 2. The Morgan fingerprint density at radius 1 is 1.37 bits per heavy atom. The molecule has 1 unspecified atom stereocenters. The lowest BCUT2D eigenvalue weighted by Gasteiger charge is -2.17. The van der Waals surface area contributed by atoms with Crippen molar-refractivity contribution in [1.82, 2.24) is 5.32 Å². The number of nitrogens with one attached hydrogen (secondary N) is 1. The summed E-state index contributed by atoms with van der Waals surface area (Å²) in [5.74, 6) is -1.27. The summed E-state index contributed by atoms with van der Waals surface area (Å²) in [6.45, 7) is 3.67. The fourth-order valence-electron chi connectivity index (χ4n) is 1.48. The highest BCUT2D eigenvalue weighted by molar-refractivity contribution is 9.10. The number of esters is 1. The summed E-state index contributed by atoms with van der Waals surface area (Å²) < 4.78 is 5.65. The molecule has 1 aromatic carbocycles. The second kappa shape index (κ2) is 7.25. The van der Waals surface area contributed by atoms with Crippen LogP contribution in [0.3, 0.4) is 0 Å². The van der Waals surface area contributed by atoms with Crippen LogP contribution in [0.25, 0.3) is 0 Å². The Kier molecular flexibility index (Phi) is 5.98. The summed E-state index contributed by atoms with van der Waals surface area (Å²) in [6.07, 6.45) is 0. The Morgan fingerprint density at radius 3 is 2.47 bits per heavy atom. The average molecular weight is 329 g/mol. The average Bonchev–Trinajstić information content (AvgIpc) is 2.38. The molecular weight excluding hydrogens is 312 g/mol. The lowest BCUT2D eigenvalue weighted by atomic mass is 10.1. The minimum Gasteiger partial charge on any atom is -0.464 e. The number of rotatable bonds is 5. The summed E-state index contributed by atoms with van der Waals surface area (Å²) in [4.78, 5) is 23.1. The van der Waals surface area contributed by atoms with Gasteiger partial charge < -0.3 is 15.8 Å². The molecule has 1 aromatic rings. The van der Waals surface area contributed by atoms with Crippen molar-refractivity contribution >= 4 is 27.8 Å². The second-order valence-corrected chi connectivity index (χ2v) is 4.93. The molecule has 0 saturated carbocycles. The molecule has 0 aliphatic rings. The molecule has 19 heavy (non-hydrogen) atoms. The Hall–Kier alpha value is -1.40. The highest BCUT2D eigenvalue weighted by Crippen LogP contribution is 2.16. The minimum atomic E-state index is -1.29. The van der Waals surface area contributed by atoms with Gasteiger partial charge in [-0.05, 0) is 31.5 Å². The largest absolute Gasteiger partial charge is 0.464 e. The standard InChI is InChI=1S/C13H17BrN2O3/c1-3-19-13(18)11(15)12(17)16-8(2)9-4-6-10(14)7-5-9/h4-8,11H,3,15H2,1-2H3,(H,16,17)/t8-,11?/m0/s1. The van der Waals surface area contributed by atoms with Crippen molar-refractivity contribution in [3.63, 3.8) is 0 Å². The van der Waals surface area contributed by atoms with E-state index in [0.29, 0.717) is 0 Å². The summed E-state index contributed by atoms with van der Waals surface area (Å²) in [5, 5.41) is 2.67. The monoisotopic (exact) mass is 328 g/mol. The van der Waals surface area contributed by atoms with E-state index >= 15 is 0 Å². The van der Waals surface area contributed by atoms with E-state index in [-0.39, 0.29) is 12.6 Å². The molecule has 0 fully saturated rings. The highest BCUT2D eigenvalue weighted by Gasteiger charge is 2.24. The maximum atomic E-state index is 11.8. The van der Waals surface area contributed by atoms with Gasteiger partial charge in [-0.3, -0.25) is 4.79 Å². The van der Waals surface area contributed by atoms with Gasteiger partial charge >= 0.3 is 5.97 Å². The minimum absolute atomic E-state index is 0.197. The van der Waals surface area contributed by atoms with Crippen LogP contribution >= 0.6 is 15.9 Å². The Labute approximate surface area is 120 Å². The molecule has 104 valence electrons. The first-order valence-corrected chi connectivity index (χ1v) is 6.73. The zero-order chi connectivity index (χ0) is 14.4. The third-order valence-corrected chi connectivity index (χ3v) is 3.08. The number of hydrogen-bond acceptors (Lipinski definition) is 4. The van der Waals surface area contributed by atoms with E-state index in [0.717, 1.165) is 10.0 Å². The van der Waals surface area contributed by atoms with E-state index in [2.05, 4.69) is 21.2 Å². The fourth-order valence-corrected chi connectivity index (χ4v) is 1.74. The van der Waals surface area contributed by atoms with Crippen LogP contribution in [0.4, 0.5) is 0 Å². The molecule has 2 atom stereocenters. The van der Waals surface area contributed by atoms with Crippen molar-refractivity contribution in [3.8, 4) is 0 Å². The van der Waals surface area contributed by atoms with Crippen LogP contribution in [0.2, 0.25) is 0 Å². The first-order chi connectivity index (χ1) is 8.95. The molecule has 0 saturated heterocycles. The molecule has 1 rings (SSSR count). The summed E-state index contributed by atoms with van der Waals surface area (Å²) in [5.41, 5.74) is 6.43. The molecule has 0 heterocycles. The molecule has 0 aromatic heterocycles. The highest BCUT2D eigenvalue weighted by atomic mass is 79.9. The van der Waals surface area contributed by atoms with Crippen molar-refractivity contribution in [2.75, 3.05) is 6.61 Å². The smallest absolute Gasteiger partial charge is 0.332 e. The van der Waals surface area contributed by atoms with Gasteiger partial charge in [-0.2, -0.15) is 0 Å². The Balaban J connectivity index is 2.61. The van der Waals surface area contributed by atoms with E-state index in [4.69, 9.17) is 10.5 Å². The van der Waals surface area contributed by atoms with Gasteiger partial charge in [-0.15, -0.1) is 0 Å². The number of halogens is 1. The van der Waals surface area contributed by atoms with Crippen LogP contribution < -0.4 is 11.1 Å². The predicted molar refractivity (Wildman–Crippen MR) is 75.3 cm³/mol. The van der Waals surface area contributed by atoms with Gasteiger partial charge in [0.2, 0.25) is 5.91 Å². The van der Waals surface area contributed by atoms with Gasteiger partial charge in [0.15, 0.2) is 6.04 Å². The third-order valence-electron chi connectivity index (χ3n) is 2.55. The number of hydrogen-bond donors (Lipinski definition) is 2. The maximum Gasteiger partial charge on any atom is 0.332 e. The van der Waals surface area contributed by atoms with E-state index < -0.39 is 17.9 Å². The summed E-state index contributed by atoms with van der Waals surface area (Å²) in [6, 6.07) is 5.99. The van der Waals surface area contributed by atoms with Gasteiger partial charge in [0.25, 0.3) is 0 Å². The number of ether oxygens (including phenoxy) is 1. The van der Waals surface area contributed by atoms with Crippen molar-refractivity contribution in [2.45, 2.75) is 25.9 Å². The normalized spacial score (nSPS) is 13.5. The van der Waals surface area contributed by atoms with Crippen LogP contribution in [-0.4, -0.2) is 24.5 Å². The molecule has 0 bridgehead atoms. The van der Waals surface area contributed by atoms with Crippen LogP contribution in [0, 0.1) is 0 Å². The van der Waals surface area contributed by atoms with Crippen molar-refractivity contribution in [3.05, 3.63) is 34.3 Å². The molecule has 1 amide bonds. The third kappa shape index (κ3) is 4.65. The molecule has 6 heteroatoms. The maximum absolute atomic E-state index is 11.8. The molecule has 3 N–H and O–H groups in total. The van der Waals surface area contributed by atoms with E-state index in [1.807, 2.05) is 31.2 Å². The van der Waals surface area contributed by atoms with Crippen LogP contribution in [0.15, 0.2) is 28.7 Å². The van der Waals surface area contributed by atoms with Gasteiger partial charge in [-0.25, -0.2) is 4.79 Å². The van der Waals surface area contributed by atoms with Crippen LogP contribution in [0.5, 0.6) is 0 Å². The quantitative estimate of drug-likeness (QED) is 0.634. The number of carbonyl (C=O) groups excluding carboxylic acids is 2. The predicted octanol–water partition coefficient (Wildman–Crippen LogP) is 1.52. The second-order valence-electron chi connectivity index (χ2n) is 4.01. The SMILES string of the molecule is CCOC(=O)C(N)C(=O)N[C@@H](C)c1ccc(Br)cc1. The van der Waals surface area contributed by atoms with E-state index in [1.165, 1.54) is 0 Å². The van der Waals surface area contributed by atoms with Crippen molar-refractivity contribution < 1.29 is 14.3 Å². The van der Waals surface area contributed by atoms with Crippen molar-refractivity contribution in [2.24, 2.45) is 5.73 Å². The number of amides is 1. The van der Waals surface area contributed by atoms with Crippen LogP contribution in [-0.2, 0) is 14.3 Å². The van der Waals surface area contributed by atoms with Gasteiger partial charge in [0, 0.05) is 4.47 Å². The first-order valence-electron chi connectivity index (χ1n) is 5.93. The van der Waals surface area contributed by atoms with E-state index in [1.54, 1.807) is 6.92 Å². The Bertz CT molecular complexity index is 448. The lowest BCUT2D eigenvalue weighted by molar-refractivity contribution is -0.148. The molecule has 5 nitrogen and oxygen atoms in total. The molecular formula is C13H17BrN2O3.